The third-order valence-corrected chi connectivity index (χ3v) is 4.93. The summed E-state index contributed by atoms with van der Waals surface area (Å²) in [5.41, 5.74) is 3.78. The van der Waals surface area contributed by atoms with Gasteiger partial charge in [-0.25, -0.2) is 4.39 Å². The number of anilines is 2. The number of aromatic nitrogens is 1. The van der Waals surface area contributed by atoms with Crippen LogP contribution in [0.15, 0.2) is 34.9 Å². The van der Waals surface area contributed by atoms with E-state index >= 15 is 0 Å². The molecule has 1 saturated carbocycles. The van der Waals surface area contributed by atoms with E-state index in [9.17, 15) is 22.4 Å². The van der Waals surface area contributed by atoms with E-state index in [1.165, 1.54) is 18.3 Å². The summed E-state index contributed by atoms with van der Waals surface area (Å²) in [6.07, 6.45) is -2.24. The molecule has 0 spiro atoms. The maximum atomic E-state index is 14.4. The molecule has 1 aromatic heterocycles. The Labute approximate surface area is 166 Å². The number of nitrogens with zero attached hydrogens (tertiary/aromatic N) is 1. The predicted octanol–water partition coefficient (Wildman–Crippen LogP) is 4.41. The second kappa shape index (κ2) is 7.32. The Morgan fingerprint density at radius 2 is 2.00 bits per heavy atom. The highest BCUT2D eigenvalue weighted by atomic mass is 79.9. The molecule has 1 fully saturated rings. The van der Waals surface area contributed by atoms with E-state index < -0.39 is 29.1 Å². The molecule has 10 heteroatoms. The number of nitrogens with two attached hydrogens (primary N) is 1. The Hall–Kier alpha value is -2.20. The van der Waals surface area contributed by atoms with E-state index in [0.717, 1.165) is 12.1 Å². The SMILES string of the molecule is CC(NC(=O)C1(N)CC1)c1ncc(Nc2ccc(Br)cc2C(F)(F)F)cc1F. The van der Waals surface area contributed by atoms with Crippen LogP contribution in [-0.4, -0.2) is 16.4 Å². The molecule has 2 aromatic rings. The Balaban J connectivity index is 1.79. The molecule has 0 aliphatic heterocycles. The lowest BCUT2D eigenvalue weighted by Gasteiger charge is -2.18. The van der Waals surface area contributed by atoms with Gasteiger partial charge in [-0.1, -0.05) is 15.9 Å². The van der Waals surface area contributed by atoms with Crippen LogP contribution in [0.3, 0.4) is 0 Å². The van der Waals surface area contributed by atoms with E-state index in [0.29, 0.717) is 12.8 Å². The van der Waals surface area contributed by atoms with Crippen molar-refractivity contribution in [1.82, 2.24) is 10.3 Å². The zero-order valence-corrected chi connectivity index (χ0v) is 16.3. The van der Waals surface area contributed by atoms with Crippen LogP contribution in [0.5, 0.6) is 0 Å². The second-order valence-corrected chi connectivity index (χ2v) is 7.67. The monoisotopic (exact) mass is 460 g/mol. The number of carbonyl (C=O) groups excluding carboxylic acids is 1. The van der Waals surface area contributed by atoms with Gasteiger partial charge in [0.25, 0.3) is 0 Å². The summed E-state index contributed by atoms with van der Waals surface area (Å²) >= 11 is 3.01. The van der Waals surface area contributed by atoms with E-state index in [1.54, 1.807) is 6.92 Å². The molecule has 3 rings (SSSR count). The van der Waals surface area contributed by atoms with Gasteiger partial charge in [0, 0.05) is 10.5 Å². The summed E-state index contributed by atoms with van der Waals surface area (Å²) in [5.74, 6) is -1.14. The van der Waals surface area contributed by atoms with Gasteiger partial charge in [0.2, 0.25) is 5.91 Å². The lowest BCUT2D eigenvalue weighted by atomic mass is 10.1. The van der Waals surface area contributed by atoms with Crippen LogP contribution in [0.2, 0.25) is 0 Å². The van der Waals surface area contributed by atoms with E-state index in [4.69, 9.17) is 5.73 Å². The Morgan fingerprint density at radius 1 is 1.32 bits per heavy atom. The van der Waals surface area contributed by atoms with Crippen LogP contribution in [0.1, 0.15) is 37.1 Å². The highest BCUT2D eigenvalue weighted by Gasteiger charge is 2.46. The average Bonchev–Trinajstić information content (AvgIpc) is 3.34. The van der Waals surface area contributed by atoms with Crippen molar-refractivity contribution in [1.29, 1.82) is 0 Å². The van der Waals surface area contributed by atoms with Crippen molar-refractivity contribution in [3.8, 4) is 0 Å². The van der Waals surface area contributed by atoms with Crippen molar-refractivity contribution in [3.63, 3.8) is 0 Å². The number of amides is 1. The van der Waals surface area contributed by atoms with Crippen LogP contribution in [-0.2, 0) is 11.0 Å². The smallest absolute Gasteiger partial charge is 0.354 e. The third kappa shape index (κ3) is 4.44. The highest BCUT2D eigenvalue weighted by molar-refractivity contribution is 9.10. The normalized spacial score (nSPS) is 16.4. The van der Waals surface area contributed by atoms with Gasteiger partial charge >= 0.3 is 6.18 Å². The van der Waals surface area contributed by atoms with Gasteiger partial charge in [0.15, 0.2) is 0 Å². The van der Waals surface area contributed by atoms with Gasteiger partial charge in [0.05, 0.1) is 40.4 Å². The number of rotatable bonds is 5. The maximum Gasteiger partial charge on any atom is 0.418 e. The van der Waals surface area contributed by atoms with Gasteiger partial charge in [-0.2, -0.15) is 13.2 Å². The van der Waals surface area contributed by atoms with E-state index in [-0.39, 0.29) is 27.4 Å². The van der Waals surface area contributed by atoms with Crippen LogP contribution >= 0.6 is 15.9 Å². The molecule has 0 radical (unpaired) electrons. The zero-order valence-electron chi connectivity index (χ0n) is 14.7. The van der Waals surface area contributed by atoms with E-state index in [2.05, 4.69) is 31.5 Å². The summed E-state index contributed by atoms with van der Waals surface area (Å²) < 4.78 is 54.3. The Bertz CT molecular complexity index is 915. The number of hydrogen-bond donors (Lipinski definition) is 3. The summed E-state index contributed by atoms with van der Waals surface area (Å²) in [5, 5.41) is 5.14. The fraction of sp³-hybridized carbons (Fsp3) is 0.333. The molecular weight excluding hydrogens is 444 g/mol. The Kier molecular flexibility index (Phi) is 5.37. The van der Waals surface area contributed by atoms with E-state index in [1.807, 2.05) is 0 Å². The molecule has 4 N–H and O–H groups in total. The lowest BCUT2D eigenvalue weighted by molar-refractivity contribution is -0.137. The number of benzene rings is 1. The van der Waals surface area contributed by atoms with Crippen LogP contribution in [0, 0.1) is 5.82 Å². The van der Waals surface area contributed by atoms with Gasteiger partial charge in [-0.15, -0.1) is 0 Å². The van der Waals surface area contributed by atoms with Crippen molar-refractivity contribution in [2.75, 3.05) is 5.32 Å². The summed E-state index contributed by atoms with van der Waals surface area (Å²) in [7, 11) is 0. The highest BCUT2D eigenvalue weighted by Crippen LogP contribution is 2.38. The molecule has 0 saturated heterocycles. The molecule has 1 aliphatic rings. The van der Waals surface area contributed by atoms with Crippen molar-refractivity contribution < 1.29 is 22.4 Å². The van der Waals surface area contributed by atoms with Crippen molar-refractivity contribution >= 4 is 33.2 Å². The quantitative estimate of drug-likeness (QED) is 0.577. The first-order valence-corrected chi connectivity index (χ1v) is 9.18. The largest absolute Gasteiger partial charge is 0.418 e. The summed E-state index contributed by atoms with van der Waals surface area (Å²) in [6, 6.07) is 3.90. The third-order valence-electron chi connectivity index (χ3n) is 4.43. The molecule has 1 aliphatic carbocycles. The first-order valence-electron chi connectivity index (χ1n) is 8.39. The van der Waals surface area contributed by atoms with Crippen LogP contribution in [0.4, 0.5) is 28.9 Å². The van der Waals surface area contributed by atoms with Gasteiger partial charge in [-0.05, 0) is 38.0 Å². The lowest BCUT2D eigenvalue weighted by Crippen LogP contribution is -2.43. The number of alkyl halides is 3. The number of nitrogens with one attached hydrogen (secondary N) is 2. The predicted molar refractivity (Wildman–Crippen MR) is 99.3 cm³/mol. The van der Waals surface area contributed by atoms with Gasteiger partial charge < -0.3 is 16.4 Å². The topological polar surface area (TPSA) is 80.0 Å². The molecule has 1 unspecified atom stereocenters. The molecule has 1 heterocycles. The number of carbonyl (C=O) groups is 1. The van der Waals surface area contributed by atoms with Gasteiger partial charge in [-0.3, -0.25) is 9.78 Å². The summed E-state index contributed by atoms with van der Waals surface area (Å²) in [6.45, 7) is 1.55. The van der Waals surface area contributed by atoms with Crippen molar-refractivity contribution in [3.05, 3.63) is 52.0 Å². The molecule has 0 bridgehead atoms. The molecule has 1 aromatic carbocycles. The second-order valence-electron chi connectivity index (χ2n) is 6.76. The fourth-order valence-electron chi connectivity index (χ4n) is 2.62. The van der Waals surface area contributed by atoms with Crippen LogP contribution < -0.4 is 16.4 Å². The molecule has 5 nitrogen and oxygen atoms in total. The van der Waals surface area contributed by atoms with Crippen LogP contribution in [0.25, 0.3) is 0 Å². The fourth-order valence-corrected chi connectivity index (χ4v) is 2.98. The maximum absolute atomic E-state index is 14.4. The minimum atomic E-state index is -4.59. The standard InChI is InChI=1S/C18H17BrF4N4O/c1-9(26-16(28)17(24)4-5-17)15-13(20)7-11(8-25-15)27-14-3-2-10(19)6-12(14)18(21,22)23/h2-3,6-9,27H,4-5,24H2,1H3,(H,26,28). The zero-order chi connectivity index (χ0) is 20.7. The number of pyridine rings is 1. The number of halogens is 5. The minimum absolute atomic E-state index is 0.0324. The first kappa shape index (κ1) is 20.5. The van der Waals surface area contributed by atoms with Crippen molar-refractivity contribution in [2.24, 2.45) is 5.73 Å². The summed E-state index contributed by atoms with van der Waals surface area (Å²) in [4.78, 5) is 15.9. The Morgan fingerprint density at radius 3 is 2.57 bits per heavy atom. The minimum Gasteiger partial charge on any atom is -0.354 e. The number of hydrogen-bond acceptors (Lipinski definition) is 4. The van der Waals surface area contributed by atoms with Crippen molar-refractivity contribution in [2.45, 2.75) is 37.5 Å². The van der Waals surface area contributed by atoms with Gasteiger partial charge in [0.1, 0.15) is 5.82 Å². The molecule has 28 heavy (non-hydrogen) atoms. The molecule has 150 valence electrons. The molecule has 1 atom stereocenters. The first-order chi connectivity index (χ1) is 13.0. The molecular formula is C18H17BrF4N4O. The molecule has 1 amide bonds. The average molecular weight is 461 g/mol.